The van der Waals surface area contributed by atoms with Crippen LogP contribution in [0.3, 0.4) is 0 Å². The smallest absolute Gasteiger partial charge is 0.166 e. The van der Waals surface area contributed by atoms with E-state index in [1.807, 2.05) is 0 Å². The van der Waals surface area contributed by atoms with Gasteiger partial charge in [-0.3, -0.25) is 0 Å². The van der Waals surface area contributed by atoms with E-state index in [0.29, 0.717) is 16.3 Å². The molecule has 0 amide bonds. The molecule has 15 heavy (non-hydrogen) atoms. The number of aromatic nitrogens is 1. The molecule has 1 fully saturated rings. The van der Waals surface area contributed by atoms with E-state index in [1.54, 1.807) is 6.20 Å². The Bertz CT molecular complexity index is 359. The van der Waals surface area contributed by atoms with Gasteiger partial charge >= 0.3 is 0 Å². The molecule has 1 unspecified atom stereocenters. The summed E-state index contributed by atoms with van der Waals surface area (Å²) in [5.41, 5.74) is 0. The first-order chi connectivity index (χ1) is 7.15. The minimum Gasteiger partial charge on any atom is -0.364 e. The van der Waals surface area contributed by atoms with Crippen molar-refractivity contribution in [3.63, 3.8) is 0 Å². The van der Waals surface area contributed by atoms with Crippen molar-refractivity contribution in [2.24, 2.45) is 0 Å². The molecule has 1 aliphatic heterocycles. The van der Waals surface area contributed by atoms with Crippen LogP contribution >= 0.6 is 15.9 Å². The number of anilines is 1. The largest absolute Gasteiger partial charge is 0.364 e. The van der Waals surface area contributed by atoms with Crippen molar-refractivity contribution in [1.29, 1.82) is 0 Å². The number of rotatable bonds is 2. The van der Waals surface area contributed by atoms with E-state index in [-0.39, 0.29) is 5.82 Å². The van der Waals surface area contributed by atoms with Crippen LogP contribution < -0.4 is 5.32 Å². The van der Waals surface area contributed by atoms with Gasteiger partial charge in [-0.05, 0) is 42.0 Å². The highest BCUT2D eigenvalue weighted by Gasteiger charge is 2.20. The SMILES string of the molecule is CN1CCC(Nc2ncc(Br)cc2F)C1. The molecular weight excluding hydrogens is 261 g/mol. The highest BCUT2D eigenvalue weighted by molar-refractivity contribution is 9.10. The van der Waals surface area contributed by atoms with Gasteiger partial charge in [-0.1, -0.05) is 0 Å². The monoisotopic (exact) mass is 273 g/mol. The third kappa shape index (κ3) is 2.66. The number of pyridine rings is 1. The van der Waals surface area contributed by atoms with Crippen LogP contribution in [0.5, 0.6) is 0 Å². The molecule has 1 saturated heterocycles. The number of hydrogen-bond donors (Lipinski definition) is 1. The van der Waals surface area contributed by atoms with Crippen molar-refractivity contribution < 1.29 is 4.39 Å². The molecule has 0 bridgehead atoms. The van der Waals surface area contributed by atoms with Crippen LogP contribution in [-0.4, -0.2) is 36.1 Å². The number of likely N-dealkylation sites (N-methyl/N-ethyl adjacent to an activating group) is 1. The lowest BCUT2D eigenvalue weighted by molar-refractivity contribution is 0.413. The minimum absolute atomic E-state index is 0.304. The number of halogens is 2. The Morgan fingerprint density at radius 1 is 1.67 bits per heavy atom. The Kier molecular flexibility index (Phi) is 3.21. The summed E-state index contributed by atoms with van der Waals surface area (Å²) in [5, 5.41) is 3.12. The first kappa shape index (κ1) is 10.8. The predicted molar refractivity (Wildman–Crippen MR) is 61.4 cm³/mol. The average molecular weight is 274 g/mol. The molecule has 82 valence electrons. The lowest BCUT2D eigenvalue weighted by atomic mass is 10.2. The van der Waals surface area contributed by atoms with Gasteiger partial charge in [0.05, 0.1) is 0 Å². The Morgan fingerprint density at radius 2 is 2.47 bits per heavy atom. The second-order valence-electron chi connectivity index (χ2n) is 3.88. The molecule has 1 aliphatic rings. The molecular formula is C10H13BrFN3. The molecule has 0 aliphatic carbocycles. The molecule has 2 heterocycles. The van der Waals surface area contributed by atoms with Crippen molar-refractivity contribution in [3.05, 3.63) is 22.6 Å². The van der Waals surface area contributed by atoms with Crippen molar-refractivity contribution in [2.75, 3.05) is 25.5 Å². The maximum atomic E-state index is 13.4. The zero-order valence-corrected chi connectivity index (χ0v) is 10.1. The van der Waals surface area contributed by atoms with E-state index >= 15 is 0 Å². The molecule has 0 aromatic carbocycles. The molecule has 0 saturated carbocycles. The molecule has 1 aromatic rings. The average Bonchev–Trinajstić information content (AvgIpc) is 2.56. The van der Waals surface area contributed by atoms with Gasteiger partial charge in [0.15, 0.2) is 11.6 Å². The van der Waals surface area contributed by atoms with Crippen LogP contribution in [-0.2, 0) is 0 Å². The maximum absolute atomic E-state index is 13.4. The zero-order valence-electron chi connectivity index (χ0n) is 8.50. The zero-order chi connectivity index (χ0) is 10.8. The second-order valence-corrected chi connectivity index (χ2v) is 4.79. The van der Waals surface area contributed by atoms with Gasteiger partial charge in [-0.15, -0.1) is 0 Å². The Balaban J connectivity index is 2.04. The molecule has 1 N–H and O–H groups in total. The molecule has 1 atom stereocenters. The topological polar surface area (TPSA) is 28.2 Å². The molecule has 0 radical (unpaired) electrons. The van der Waals surface area contributed by atoms with Crippen LogP contribution in [0.4, 0.5) is 10.2 Å². The summed E-state index contributed by atoms with van der Waals surface area (Å²) in [5.74, 6) is 0.0393. The summed E-state index contributed by atoms with van der Waals surface area (Å²) in [7, 11) is 2.06. The van der Waals surface area contributed by atoms with Gasteiger partial charge in [0.25, 0.3) is 0 Å². The van der Waals surface area contributed by atoms with Crippen molar-refractivity contribution in [1.82, 2.24) is 9.88 Å². The highest BCUT2D eigenvalue weighted by atomic mass is 79.9. The Labute approximate surface area is 96.8 Å². The van der Waals surface area contributed by atoms with E-state index in [2.05, 4.69) is 38.2 Å². The van der Waals surface area contributed by atoms with Crippen LogP contribution in [0.15, 0.2) is 16.7 Å². The quantitative estimate of drug-likeness (QED) is 0.895. The first-order valence-corrected chi connectivity index (χ1v) is 5.70. The van der Waals surface area contributed by atoms with Gasteiger partial charge in [0, 0.05) is 23.3 Å². The Hall–Kier alpha value is -0.680. The first-order valence-electron chi connectivity index (χ1n) is 4.91. The van der Waals surface area contributed by atoms with Crippen LogP contribution in [0, 0.1) is 5.82 Å². The molecule has 2 rings (SSSR count). The lowest BCUT2D eigenvalue weighted by Crippen LogP contribution is -2.24. The fraction of sp³-hybridized carbons (Fsp3) is 0.500. The van der Waals surface area contributed by atoms with Crippen molar-refractivity contribution in [3.8, 4) is 0 Å². The number of likely N-dealkylation sites (tertiary alicyclic amines) is 1. The molecule has 0 spiro atoms. The van der Waals surface area contributed by atoms with E-state index < -0.39 is 0 Å². The van der Waals surface area contributed by atoms with Crippen LogP contribution in [0.25, 0.3) is 0 Å². The Morgan fingerprint density at radius 3 is 3.07 bits per heavy atom. The number of hydrogen-bond acceptors (Lipinski definition) is 3. The number of nitrogens with one attached hydrogen (secondary N) is 1. The van der Waals surface area contributed by atoms with Gasteiger partial charge in [-0.25, -0.2) is 9.37 Å². The summed E-state index contributed by atoms with van der Waals surface area (Å²) in [4.78, 5) is 6.23. The van der Waals surface area contributed by atoms with Gasteiger partial charge in [0.1, 0.15) is 0 Å². The van der Waals surface area contributed by atoms with Gasteiger partial charge < -0.3 is 10.2 Å². The van der Waals surface area contributed by atoms with Gasteiger partial charge in [-0.2, -0.15) is 0 Å². The fourth-order valence-electron chi connectivity index (χ4n) is 1.77. The van der Waals surface area contributed by atoms with Crippen molar-refractivity contribution in [2.45, 2.75) is 12.5 Å². The lowest BCUT2D eigenvalue weighted by Gasteiger charge is -2.13. The maximum Gasteiger partial charge on any atom is 0.166 e. The number of nitrogens with zero attached hydrogens (tertiary/aromatic N) is 2. The molecule has 3 nitrogen and oxygen atoms in total. The molecule has 5 heteroatoms. The van der Waals surface area contributed by atoms with Crippen molar-refractivity contribution >= 4 is 21.7 Å². The third-order valence-electron chi connectivity index (χ3n) is 2.54. The summed E-state index contributed by atoms with van der Waals surface area (Å²) < 4.78 is 14.1. The van der Waals surface area contributed by atoms with Crippen LogP contribution in [0.1, 0.15) is 6.42 Å². The fourth-order valence-corrected chi connectivity index (χ4v) is 2.07. The second kappa shape index (κ2) is 4.45. The van der Waals surface area contributed by atoms with E-state index in [1.165, 1.54) is 6.07 Å². The standard InChI is InChI=1S/C10H13BrFN3/c1-15-3-2-8(6-15)14-10-9(12)4-7(11)5-13-10/h4-5,8H,2-3,6H2,1H3,(H,13,14). The van der Waals surface area contributed by atoms with Crippen LogP contribution in [0.2, 0.25) is 0 Å². The third-order valence-corrected chi connectivity index (χ3v) is 2.97. The summed E-state index contributed by atoms with van der Waals surface area (Å²) >= 11 is 3.18. The van der Waals surface area contributed by atoms with E-state index in [9.17, 15) is 4.39 Å². The molecule has 1 aromatic heterocycles. The predicted octanol–water partition coefficient (Wildman–Crippen LogP) is 2.10. The summed E-state index contributed by atoms with van der Waals surface area (Å²) in [6, 6.07) is 1.73. The van der Waals surface area contributed by atoms with E-state index in [0.717, 1.165) is 19.5 Å². The van der Waals surface area contributed by atoms with Gasteiger partial charge in [0.2, 0.25) is 0 Å². The highest BCUT2D eigenvalue weighted by Crippen LogP contribution is 2.19. The summed E-state index contributed by atoms with van der Waals surface area (Å²) in [6.07, 6.45) is 2.64. The normalized spacial score (nSPS) is 21.9. The van der Waals surface area contributed by atoms with E-state index in [4.69, 9.17) is 0 Å². The minimum atomic E-state index is -0.307. The summed E-state index contributed by atoms with van der Waals surface area (Å²) in [6.45, 7) is 1.99.